The number of rotatable bonds is 5. The van der Waals surface area contributed by atoms with E-state index in [9.17, 15) is 0 Å². The molecule has 0 aromatic carbocycles. The van der Waals surface area contributed by atoms with Crippen LogP contribution in [-0.2, 0) is 0 Å². The molecular formula is C10H14N2OS. The fraction of sp³-hybridized carbons (Fsp3) is 0.400. The van der Waals surface area contributed by atoms with E-state index in [1.54, 1.807) is 11.6 Å². The van der Waals surface area contributed by atoms with E-state index >= 15 is 0 Å². The molecule has 0 radical (unpaired) electrons. The summed E-state index contributed by atoms with van der Waals surface area (Å²) in [5, 5.41) is 1.67. The molecule has 0 saturated heterocycles. The van der Waals surface area contributed by atoms with E-state index in [4.69, 9.17) is 17.0 Å². The molecule has 0 unspecified atom stereocenters. The van der Waals surface area contributed by atoms with Gasteiger partial charge in [0.15, 0.2) is 11.6 Å². The van der Waals surface area contributed by atoms with Crippen molar-refractivity contribution >= 4 is 23.4 Å². The fourth-order valence-corrected chi connectivity index (χ4v) is 1.14. The lowest BCUT2D eigenvalue weighted by Gasteiger charge is -2.15. The number of thiocarbonyl (C=S) groups is 1. The molecule has 0 fully saturated rings. The zero-order valence-electron chi connectivity index (χ0n) is 8.43. The van der Waals surface area contributed by atoms with E-state index in [0.717, 1.165) is 18.0 Å². The number of anilines is 1. The molecule has 1 aromatic heterocycles. The molecule has 3 nitrogen and oxygen atoms in total. The molecule has 0 N–H and O–H groups in total. The van der Waals surface area contributed by atoms with Crippen molar-refractivity contribution in [3.8, 4) is 5.75 Å². The van der Waals surface area contributed by atoms with Crippen molar-refractivity contribution in [1.82, 2.24) is 4.98 Å². The van der Waals surface area contributed by atoms with Crippen LogP contribution in [0.25, 0.3) is 0 Å². The van der Waals surface area contributed by atoms with Gasteiger partial charge < -0.3 is 9.64 Å². The van der Waals surface area contributed by atoms with Gasteiger partial charge in [0, 0.05) is 26.7 Å². The van der Waals surface area contributed by atoms with Crippen molar-refractivity contribution in [3.05, 3.63) is 18.3 Å². The van der Waals surface area contributed by atoms with Gasteiger partial charge in [0.1, 0.15) is 0 Å². The maximum Gasteiger partial charge on any atom is 0.170 e. The number of aromatic nitrogens is 1. The molecule has 1 aromatic rings. The molecule has 0 aliphatic rings. The smallest absolute Gasteiger partial charge is 0.170 e. The maximum absolute atomic E-state index is 5.54. The highest BCUT2D eigenvalue weighted by Crippen LogP contribution is 2.22. The average molecular weight is 210 g/mol. The summed E-state index contributed by atoms with van der Waals surface area (Å²) in [6.07, 6.45) is 2.53. The summed E-state index contributed by atoms with van der Waals surface area (Å²) in [4.78, 5) is 6.14. The standard InChI is InChI=1S/C10H14N2OS/c1-12(2)10-9(5-3-6-11-10)13-7-4-8-14/h3,5-6,8H,4,7H2,1-2H3. The Labute approximate surface area is 89.7 Å². The van der Waals surface area contributed by atoms with Crippen molar-refractivity contribution < 1.29 is 4.74 Å². The normalized spacial score (nSPS) is 9.57. The lowest BCUT2D eigenvalue weighted by atomic mass is 10.4. The number of ether oxygens (including phenoxy) is 1. The molecule has 76 valence electrons. The quantitative estimate of drug-likeness (QED) is 0.547. The Bertz CT molecular complexity index is 302. The minimum atomic E-state index is 0.607. The zero-order chi connectivity index (χ0) is 10.4. The molecule has 0 bridgehead atoms. The number of hydrogen-bond acceptors (Lipinski definition) is 4. The third-order valence-electron chi connectivity index (χ3n) is 1.67. The van der Waals surface area contributed by atoms with Crippen LogP contribution in [0.15, 0.2) is 18.3 Å². The molecule has 0 amide bonds. The highest BCUT2D eigenvalue weighted by atomic mass is 32.1. The van der Waals surface area contributed by atoms with Crippen LogP contribution in [0.4, 0.5) is 5.82 Å². The number of nitrogens with zero attached hydrogens (tertiary/aromatic N) is 2. The summed E-state index contributed by atoms with van der Waals surface area (Å²) in [6, 6.07) is 3.77. The second-order valence-electron chi connectivity index (χ2n) is 3.02. The van der Waals surface area contributed by atoms with Crippen LogP contribution in [0.5, 0.6) is 5.75 Å². The van der Waals surface area contributed by atoms with Crippen LogP contribution in [0.1, 0.15) is 6.42 Å². The predicted molar refractivity (Wildman–Crippen MR) is 62.3 cm³/mol. The van der Waals surface area contributed by atoms with Gasteiger partial charge in [0.05, 0.1) is 6.61 Å². The molecule has 1 heterocycles. The highest BCUT2D eigenvalue weighted by Gasteiger charge is 2.05. The van der Waals surface area contributed by atoms with Gasteiger partial charge in [-0.3, -0.25) is 0 Å². The monoisotopic (exact) mass is 210 g/mol. The summed E-state index contributed by atoms with van der Waals surface area (Å²) in [6.45, 7) is 0.607. The van der Waals surface area contributed by atoms with Crippen LogP contribution in [-0.4, -0.2) is 31.1 Å². The molecule has 14 heavy (non-hydrogen) atoms. The first kappa shape index (κ1) is 10.9. The molecular weight excluding hydrogens is 196 g/mol. The average Bonchev–Trinajstić information content (AvgIpc) is 2.19. The number of pyridine rings is 1. The van der Waals surface area contributed by atoms with Gasteiger partial charge in [-0.25, -0.2) is 4.98 Å². The van der Waals surface area contributed by atoms with Gasteiger partial charge in [-0.2, -0.15) is 0 Å². The second kappa shape index (κ2) is 5.54. The van der Waals surface area contributed by atoms with Gasteiger partial charge in [-0.05, 0) is 17.5 Å². The van der Waals surface area contributed by atoms with E-state index in [2.05, 4.69) is 4.98 Å². The molecule has 0 saturated carbocycles. The van der Waals surface area contributed by atoms with Crippen molar-refractivity contribution in [2.24, 2.45) is 0 Å². The Balaban J connectivity index is 2.69. The second-order valence-corrected chi connectivity index (χ2v) is 3.36. The minimum absolute atomic E-state index is 0.607. The van der Waals surface area contributed by atoms with Crippen LogP contribution < -0.4 is 9.64 Å². The third kappa shape index (κ3) is 2.96. The Hall–Kier alpha value is -1.16. The van der Waals surface area contributed by atoms with E-state index in [0.29, 0.717) is 6.61 Å². The van der Waals surface area contributed by atoms with E-state index in [-0.39, 0.29) is 0 Å². The van der Waals surface area contributed by atoms with E-state index in [1.807, 2.05) is 31.1 Å². The Morgan fingerprint density at radius 1 is 1.57 bits per heavy atom. The molecule has 0 spiro atoms. The summed E-state index contributed by atoms with van der Waals surface area (Å²) >= 11 is 4.72. The Kier molecular flexibility index (Phi) is 4.32. The van der Waals surface area contributed by atoms with E-state index in [1.165, 1.54) is 0 Å². The maximum atomic E-state index is 5.54. The van der Waals surface area contributed by atoms with Gasteiger partial charge in [0.2, 0.25) is 0 Å². The summed E-state index contributed by atoms with van der Waals surface area (Å²) in [5.74, 6) is 1.64. The zero-order valence-corrected chi connectivity index (χ0v) is 9.25. The first-order valence-electron chi connectivity index (χ1n) is 4.44. The van der Waals surface area contributed by atoms with Gasteiger partial charge in [0.25, 0.3) is 0 Å². The largest absolute Gasteiger partial charge is 0.489 e. The van der Waals surface area contributed by atoms with Gasteiger partial charge >= 0.3 is 0 Å². The van der Waals surface area contributed by atoms with Crippen molar-refractivity contribution in [3.63, 3.8) is 0 Å². The summed E-state index contributed by atoms with van der Waals surface area (Å²) in [5.41, 5.74) is 0. The lowest BCUT2D eigenvalue weighted by Crippen LogP contribution is -2.12. The third-order valence-corrected chi connectivity index (χ3v) is 1.90. The Morgan fingerprint density at radius 2 is 2.36 bits per heavy atom. The molecule has 0 aliphatic heterocycles. The topological polar surface area (TPSA) is 25.4 Å². The van der Waals surface area contributed by atoms with E-state index < -0.39 is 0 Å². The Morgan fingerprint density at radius 3 is 3.00 bits per heavy atom. The van der Waals surface area contributed by atoms with Crippen molar-refractivity contribution in [2.45, 2.75) is 6.42 Å². The number of hydrogen-bond donors (Lipinski definition) is 0. The molecule has 0 atom stereocenters. The first-order valence-corrected chi connectivity index (χ1v) is 4.91. The summed E-state index contributed by atoms with van der Waals surface area (Å²) < 4.78 is 5.54. The molecule has 1 rings (SSSR count). The minimum Gasteiger partial charge on any atom is -0.489 e. The van der Waals surface area contributed by atoms with Crippen LogP contribution in [0.3, 0.4) is 0 Å². The molecule has 4 heteroatoms. The highest BCUT2D eigenvalue weighted by molar-refractivity contribution is 7.78. The van der Waals surface area contributed by atoms with Gasteiger partial charge in [-0.1, -0.05) is 12.2 Å². The van der Waals surface area contributed by atoms with Crippen LogP contribution in [0, 0.1) is 0 Å². The van der Waals surface area contributed by atoms with Crippen molar-refractivity contribution in [2.75, 3.05) is 25.6 Å². The SMILES string of the molecule is CN(C)c1ncccc1OCCC=S. The predicted octanol–water partition coefficient (Wildman–Crippen LogP) is 1.92. The fourth-order valence-electron chi connectivity index (χ4n) is 1.05. The first-order chi connectivity index (χ1) is 6.75. The lowest BCUT2D eigenvalue weighted by molar-refractivity contribution is 0.330. The van der Waals surface area contributed by atoms with Crippen LogP contribution >= 0.6 is 12.2 Å². The van der Waals surface area contributed by atoms with Crippen LogP contribution in [0.2, 0.25) is 0 Å². The van der Waals surface area contributed by atoms with Crippen molar-refractivity contribution in [1.29, 1.82) is 0 Å². The van der Waals surface area contributed by atoms with Gasteiger partial charge in [-0.15, -0.1) is 0 Å². The summed E-state index contributed by atoms with van der Waals surface area (Å²) in [7, 11) is 3.88. The molecule has 0 aliphatic carbocycles.